The molecule has 0 unspecified atom stereocenters. The zero-order valence-electron chi connectivity index (χ0n) is 11.2. The van der Waals surface area contributed by atoms with Crippen LogP contribution in [0.15, 0.2) is 0 Å². The van der Waals surface area contributed by atoms with Gasteiger partial charge >= 0.3 is 11.9 Å². The molecule has 0 rings (SSSR count). The molecule has 8 nitrogen and oxygen atoms in total. The van der Waals surface area contributed by atoms with Gasteiger partial charge in [-0.1, -0.05) is 0 Å². The van der Waals surface area contributed by atoms with Crippen molar-refractivity contribution in [1.29, 1.82) is 0 Å². The number of aliphatic hydroxyl groups is 1. The molecule has 0 spiro atoms. The second kappa shape index (κ2) is 7.05. The van der Waals surface area contributed by atoms with Crippen LogP contribution in [0.5, 0.6) is 0 Å². The highest BCUT2D eigenvalue weighted by molar-refractivity contribution is 5.89. The smallest absolute Gasteiger partial charge is 0.328 e. The molecule has 8 heteroatoms. The summed E-state index contributed by atoms with van der Waals surface area (Å²) in [6.07, 6.45) is -0.374. The molecule has 0 aromatic heterocycles. The highest BCUT2D eigenvalue weighted by Crippen LogP contribution is 2.08. The summed E-state index contributed by atoms with van der Waals surface area (Å²) in [6, 6.07) is -2.68. The van der Waals surface area contributed by atoms with Crippen LogP contribution in [0.4, 0.5) is 0 Å². The first-order valence-corrected chi connectivity index (χ1v) is 5.68. The van der Waals surface area contributed by atoms with Crippen molar-refractivity contribution in [2.75, 3.05) is 6.61 Å². The Bertz CT molecular complexity index is 350. The number of hydrogen-bond donors (Lipinski definition) is 4. The van der Waals surface area contributed by atoms with Crippen LogP contribution < -0.4 is 11.1 Å². The number of esters is 1. The van der Waals surface area contributed by atoms with E-state index in [2.05, 4.69) is 0 Å². The number of aliphatic hydroxyl groups excluding tert-OH is 1. The van der Waals surface area contributed by atoms with Crippen molar-refractivity contribution in [2.45, 2.75) is 44.9 Å². The summed E-state index contributed by atoms with van der Waals surface area (Å²) in [5.74, 6) is -2.89. The van der Waals surface area contributed by atoms with Crippen LogP contribution in [0.25, 0.3) is 0 Å². The number of nitrogens with one attached hydrogen (secondary N) is 1. The van der Waals surface area contributed by atoms with Gasteiger partial charge in [0.1, 0.15) is 11.6 Å². The third-order valence-electron chi connectivity index (χ3n) is 1.94. The monoisotopic (exact) mass is 276 g/mol. The molecule has 0 fully saturated rings. The highest BCUT2D eigenvalue weighted by atomic mass is 16.6. The first-order chi connectivity index (χ1) is 8.56. The second-order valence-corrected chi connectivity index (χ2v) is 4.98. The Labute approximate surface area is 110 Å². The maximum atomic E-state index is 11.5. The minimum atomic E-state index is -1.45. The van der Waals surface area contributed by atoms with Crippen LogP contribution in [0.1, 0.15) is 27.2 Å². The Morgan fingerprint density at radius 1 is 1.32 bits per heavy atom. The van der Waals surface area contributed by atoms with Gasteiger partial charge in [0.15, 0.2) is 0 Å². The van der Waals surface area contributed by atoms with Crippen LogP contribution in [0.2, 0.25) is 0 Å². The number of carboxylic acids is 1. The zero-order chi connectivity index (χ0) is 15.2. The Balaban J connectivity index is 4.35. The van der Waals surface area contributed by atoms with E-state index in [1.54, 1.807) is 20.8 Å². The van der Waals surface area contributed by atoms with Crippen molar-refractivity contribution < 1.29 is 29.3 Å². The number of ether oxygens (including phenoxy) is 1. The van der Waals surface area contributed by atoms with Crippen molar-refractivity contribution in [1.82, 2.24) is 5.32 Å². The molecule has 0 aliphatic rings. The van der Waals surface area contributed by atoms with E-state index >= 15 is 0 Å². The number of carboxylic acid groups (broad SMARTS) is 1. The molecule has 5 N–H and O–H groups in total. The molecule has 0 saturated carbocycles. The summed E-state index contributed by atoms with van der Waals surface area (Å²) in [5, 5.41) is 19.4. The molecular formula is C11H20N2O6. The van der Waals surface area contributed by atoms with Gasteiger partial charge in [-0.05, 0) is 20.8 Å². The number of amides is 1. The standard InChI is InChI=1S/C11H20N2O6/c1-11(2,3)19-8(15)4-6(12)9(16)13-7(5-14)10(17)18/h6-7,14H,4-5,12H2,1-3H3,(H,13,16)(H,17,18)/t6-,7-/m0/s1. The average Bonchev–Trinajstić information content (AvgIpc) is 2.21. The van der Waals surface area contributed by atoms with Crippen LogP contribution in [-0.4, -0.2) is 52.4 Å². The lowest BCUT2D eigenvalue weighted by atomic mass is 10.1. The molecule has 0 aromatic rings. The Morgan fingerprint density at radius 3 is 2.21 bits per heavy atom. The van der Waals surface area contributed by atoms with Crippen LogP contribution in [0, 0.1) is 0 Å². The number of rotatable bonds is 6. The van der Waals surface area contributed by atoms with E-state index < -0.39 is 42.1 Å². The van der Waals surface area contributed by atoms with Crippen molar-refractivity contribution >= 4 is 17.8 Å². The predicted octanol–water partition coefficient (Wildman–Crippen LogP) is -1.39. The maximum Gasteiger partial charge on any atom is 0.328 e. The molecule has 0 heterocycles. The van der Waals surface area contributed by atoms with Crippen molar-refractivity contribution in [3.8, 4) is 0 Å². The van der Waals surface area contributed by atoms with Gasteiger partial charge in [-0.15, -0.1) is 0 Å². The summed E-state index contributed by atoms with van der Waals surface area (Å²) >= 11 is 0. The van der Waals surface area contributed by atoms with Crippen molar-refractivity contribution in [3.63, 3.8) is 0 Å². The Hall–Kier alpha value is -1.67. The van der Waals surface area contributed by atoms with Gasteiger partial charge in [0.25, 0.3) is 0 Å². The molecule has 0 aromatic carbocycles. The minimum absolute atomic E-state index is 0.374. The van der Waals surface area contributed by atoms with Crippen LogP contribution >= 0.6 is 0 Å². The Kier molecular flexibility index (Phi) is 6.43. The topological polar surface area (TPSA) is 139 Å². The lowest BCUT2D eigenvalue weighted by molar-refractivity contribution is -0.156. The quantitative estimate of drug-likeness (QED) is 0.438. The molecule has 0 aliphatic heterocycles. The largest absolute Gasteiger partial charge is 0.480 e. The third kappa shape index (κ3) is 7.37. The first kappa shape index (κ1) is 17.3. The third-order valence-corrected chi connectivity index (χ3v) is 1.94. The molecule has 0 saturated heterocycles. The molecular weight excluding hydrogens is 256 g/mol. The summed E-state index contributed by atoms with van der Waals surface area (Å²) in [6.45, 7) is 4.24. The number of carbonyl (C=O) groups excluding carboxylic acids is 2. The van der Waals surface area contributed by atoms with E-state index in [4.69, 9.17) is 20.7 Å². The van der Waals surface area contributed by atoms with Crippen LogP contribution in [-0.2, 0) is 19.1 Å². The second-order valence-electron chi connectivity index (χ2n) is 4.98. The van der Waals surface area contributed by atoms with Gasteiger partial charge in [-0.25, -0.2) is 4.79 Å². The average molecular weight is 276 g/mol. The molecule has 0 radical (unpaired) electrons. The fourth-order valence-electron chi connectivity index (χ4n) is 1.12. The molecule has 19 heavy (non-hydrogen) atoms. The summed E-state index contributed by atoms with van der Waals surface area (Å²) in [4.78, 5) is 33.5. The van der Waals surface area contributed by atoms with Gasteiger partial charge < -0.3 is 26.0 Å². The molecule has 2 atom stereocenters. The fourth-order valence-corrected chi connectivity index (χ4v) is 1.12. The van der Waals surface area contributed by atoms with E-state index in [1.165, 1.54) is 0 Å². The van der Waals surface area contributed by atoms with E-state index in [1.807, 2.05) is 5.32 Å². The summed E-state index contributed by atoms with van der Waals surface area (Å²) in [5.41, 5.74) is 4.76. The van der Waals surface area contributed by atoms with Gasteiger partial charge in [0.2, 0.25) is 5.91 Å². The van der Waals surface area contributed by atoms with Crippen LogP contribution in [0.3, 0.4) is 0 Å². The molecule has 0 aliphatic carbocycles. The van der Waals surface area contributed by atoms with E-state index in [0.717, 1.165) is 0 Å². The van der Waals surface area contributed by atoms with Gasteiger partial charge in [0, 0.05) is 0 Å². The molecule has 0 bridgehead atoms. The zero-order valence-corrected chi connectivity index (χ0v) is 11.2. The minimum Gasteiger partial charge on any atom is -0.480 e. The van der Waals surface area contributed by atoms with Crippen molar-refractivity contribution in [3.05, 3.63) is 0 Å². The molecule has 110 valence electrons. The first-order valence-electron chi connectivity index (χ1n) is 5.68. The number of nitrogens with two attached hydrogens (primary N) is 1. The fraction of sp³-hybridized carbons (Fsp3) is 0.727. The molecule has 1 amide bonds. The van der Waals surface area contributed by atoms with E-state index in [0.29, 0.717) is 0 Å². The van der Waals surface area contributed by atoms with Gasteiger partial charge in [-0.2, -0.15) is 0 Å². The lowest BCUT2D eigenvalue weighted by Gasteiger charge is -2.21. The van der Waals surface area contributed by atoms with Gasteiger partial charge in [0.05, 0.1) is 19.1 Å². The number of carbonyl (C=O) groups is 3. The van der Waals surface area contributed by atoms with Crippen molar-refractivity contribution in [2.24, 2.45) is 5.73 Å². The summed E-state index contributed by atoms with van der Waals surface area (Å²) in [7, 11) is 0. The number of hydrogen-bond acceptors (Lipinski definition) is 6. The van der Waals surface area contributed by atoms with E-state index in [9.17, 15) is 14.4 Å². The highest BCUT2D eigenvalue weighted by Gasteiger charge is 2.26. The normalized spacial score (nSPS) is 14.4. The predicted molar refractivity (Wildman–Crippen MR) is 65.1 cm³/mol. The summed E-state index contributed by atoms with van der Waals surface area (Å²) < 4.78 is 4.97. The van der Waals surface area contributed by atoms with Gasteiger partial charge in [-0.3, -0.25) is 9.59 Å². The SMILES string of the molecule is CC(C)(C)OC(=O)C[C@H](N)C(=O)N[C@@H](CO)C(=O)O. The maximum absolute atomic E-state index is 11.5. The van der Waals surface area contributed by atoms with E-state index in [-0.39, 0.29) is 6.42 Å². The number of aliphatic carboxylic acids is 1. The Morgan fingerprint density at radius 2 is 1.84 bits per heavy atom. The lowest BCUT2D eigenvalue weighted by Crippen LogP contribution is -2.50.